The van der Waals surface area contributed by atoms with Crippen LogP contribution in [-0.2, 0) is 6.18 Å². The average molecular weight is 435 g/mol. The fraction of sp³-hybridized carbons (Fsp3) is 0.381. The summed E-state index contributed by atoms with van der Waals surface area (Å²) in [6, 6.07) is 6.86. The molecule has 0 saturated carbocycles. The van der Waals surface area contributed by atoms with Gasteiger partial charge in [0.25, 0.3) is 0 Å². The Morgan fingerprint density at radius 2 is 1.81 bits per heavy atom. The number of hydrogen-bond donors (Lipinski definition) is 5. The molecular formula is C21H28F3N7. The van der Waals surface area contributed by atoms with Gasteiger partial charge in [-0.05, 0) is 23.8 Å². The lowest BCUT2D eigenvalue weighted by Crippen LogP contribution is -2.51. The summed E-state index contributed by atoms with van der Waals surface area (Å²) < 4.78 is 38.5. The number of alkyl halides is 3. The van der Waals surface area contributed by atoms with Gasteiger partial charge in [-0.25, -0.2) is 0 Å². The Bertz CT molecular complexity index is 896. The molecule has 0 aliphatic carbocycles. The van der Waals surface area contributed by atoms with Crippen LogP contribution in [0.15, 0.2) is 48.5 Å². The molecule has 2 heterocycles. The molecule has 2 aromatic rings. The summed E-state index contributed by atoms with van der Waals surface area (Å²) in [4.78, 5) is 7.08. The molecule has 0 bridgehead atoms. The Morgan fingerprint density at radius 3 is 2.29 bits per heavy atom. The predicted molar refractivity (Wildman–Crippen MR) is 115 cm³/mol. The molecule has 1 saturated heterocycles. The van der Waals surface area contributed by atoms with Crippen molar-refractivity contribution in [1.29, 1.82) is 5.41 Å². The molecule has 10 heteroatoms. The first-order valence-corrected chi connectivity index (χ1v) is 10.0. The highest BCUT2D eigenvalue weighted by Crippen LogP contribution is 2.31. The summed E-state index contributed by atoms with van der Waals surface area (Å²) in [5.41, 5.74) is 13.6. The van der Waals surface area contributed by atoms with Gasteiger partial charge in [0.2, 0.25) is 0 Å². The van der Waals surface area contributed by atoms with E-state index >= 15 is 0 Å². The number of hydrogen-bond acceptors (Lipinski definition) is 5. The van der Waals surface area contributed by atoms with Crippen LogP contribution in [0.4, 0.5) is 13.2 Å². The standard InChI is InChI=1S/C21H28F3N7/c1-28-19(26)18(15-6-7-29-13-15)20(27)31-10-8-30(9-11-31)17(12-25)14-2-4-16(5-3-14)21(22,23)24/h2-7,13,17,27-29H,8-12,25-26H2,1H3/b19-18-,27-20?. The number of piperazine rings is 1. The first-order chi connectivity index (χ1) is 14.8. The molecule has 0 radical (unpaired) electrons. The Balaban J connectivity index is 1.69. The number of rotatable bonds is 6. The molecule has 1 unspecified atom stereocenters. The van der Waals surface area contributed by atoms with Gasteiger partial charge in [-0.15, -0.1) is 0 Å². The highest BCUT2D eigenvalue weighted by atomic mass is 19.4. The second-order valence-electron chi connectivity index (χ2n) is 7.38. The van der Waals surface area contributed by atoms with Crippen LogP contribution in [0.5, 0.6) is 0 Å². The number of halogens is 3. The Labute approximate surface area is 179 Å². The van der Waals surface area contributed by atoms with Crippen molar-refractivity contribution in [2.45, 2.75) is 12.2 Å². The van der Waals surface area contributed by atoms with Crippen molar-refractivity contribution in [2.75, 3.05) is 39.8 Å². The van der Waals surface area contributed by atoms with Gasteiger partial charge in [0.15, 0.2) is 0 Å². The minimum Gasteiger partial charge on any atom is -0.385 e. The van der Waals surface area contributed by atoms with Crippen LogP contribution in [0.3, 0.4) is 0 Å². The summed E-state index contributed by atoms with van der Waals surface area (Å²) in [5.74, 6) is 0.738. The van der Waals surface area contributed by atoms with Crippen molar-refractivity contribution in [3.63, 3.8) is 0 Å². The normalized spacial score (nSPS) is 17.3. The molecule has 0 amide bonds. The summed E-state index contributed by atoms with van der Waals surface area (Å²) in [5, 5.41) is 11.6. The van der Waals surface area contributed by atoms with Crippen LogP contribution in [-0.4, -0.2) is 60.4 Å². The molecule has 7 N–H and O–H groups in total. The third-order valence-corrected chi connectivity index (χ3v) is 5.58. The summed E-state index contributed by atoms with van der Waals surface area (Å²) in [6.45, 7) is 2.72. The van der Waals surface area contributed by atoms with E-state index in [0.29, 0.717) is 50.0 Å². The van der Waals surface area contributed by atoms with Gasteiger partial charge in [-0.1, -0.05) is 12.1 Å². The van der Waals surface area contributed by atoms with E-state index in [1.54, 1.807) is 19.4 Å². The molecule has 7 nitrogen and oxygen atoms in total. The van der Waals surface area contributed by atoms with Gasteiger partial charge in [-0.2, -0.15) is 13.2 Å². The number of nitrogens with zero attached hydrogens (tertiary/aromatic N) is 2. The largest absolute Gasteiger partial charge is 0.416 e. The maximum atomic E-state index is 12.8. The Morgan fingerprint density at radius 1 is 1.16 bits per heavy atom. The minimum absolute atomic E-state index is 0.180. The van der Waals surface area contributed by atoms with Crippen LogP contribution in [0.1, 0.15) is 22.7 Å². The second-order valence-corrected chi connectivity index (χ2v) is 7.38. The fourth-order valence-electron chi connectivity index (χ4n) is 3.83. The van der Waals surface area contributed by atoms with Crippen molar-refractivity contribution in [3.8, 4) is 0 Å². The zero-order chi connectivity index (χ0) is 22.6. The lowest BCUT2D eigenvalue weighted by atomic mass is 10.0. The highest BCUT2D eigenvalue weighted by molar-refractivity contribution is 6.21. The molecule has 1 aromatic carbocycles. The van der Waals surface area contributed by atoms with Crippen molar-refractivity contribution >= 4 is 11.4 Å². The molecule has 168 valence electrons. The number of amidine groups is 1. The molecule has 1 fully saturated rings. The molecular weight excluding hydrogens is 407 g/mol. The summed E-state index contributed by atoms with van der Waals surface area (Å²) >= 11 is 0. The van der Waals surface area contributed by atoms with E-state index in [0.717, 1.165) is 23.3 Å². The number of benzene rings is 1. The first-order valence-electron chi connectivity index (χ1n) is 10.0. The third-order valence-electron chi connectivity index (χ3n) is 5.58. The van der Waals surface area contributed by atoms with E-state index in [1.165, 1.54) is 12.1 Å². The maximum absolute atomic E-state index is 12.8. The van der Waals surface area contributed by atoms with E-state index in [-0.39, 0.29) is 6.04 Å². The van der Waals surface area contributed by atoms with Crippen molar-refractivity contribution in [3.05, 3.63) is 65.2 Å². The average Bonchev–Trinajstić information content (AvgIpc) is 3.28. The number of H-pyrrole nitrogens is 1. The lowest BCUT2D eigenvalue weighted by Gasteiger charge is -2.40. The van der Waals surface area contributed by atoms with Gasteiger partial charge in [-0.3, -0.25) is 10.3 Å². The highest BCUT2D eigenvalue weighted by Gasteiger charge is 2.31. The zero-order valence-corrected chi connectivity index (χ0v) is 17.3. The minimum atomic E-state index is -4.36. The number of nitrogens with two attached hydrogens (primary N) is 2. The van der Waals surface area contributed by atoms with Crippen molar-refractivity contribution in [2.24, 2.45) is 11.5 Å². The molecule has 0 spiro atoms. The number of aromatic nitrogens is 1. The maximum Gasteiger partial charge on any atom is 0.416 e. The summed E-state index contributed by atoms with van der Waals surface area (Å²) in [6.07, 6.45) is -0.790. The van der Waals surface area contributed by atoms with E-state index in [9.17, 15) is 13.2 Å². The third kappa shape index (κ3) is 5.02. The van der Waals surface area contributed by atoms with Crippen LogP contribution in [0.25, 0.3) is 5.57 Å². The monoisotopic (exact) mass is 435 g/mol. The SMILES string of the molecule is CN/C(N)=C(\C(=N)N1CCN(C(CN)c2ccc(C(F)(F)F)cc2)CC1)c1cc[nH]c1. The van der Waals surface area contributed by atoms with Gasteiger partial charge in [0.05, 0.1) is 11.1 Å². The van der Waals surface area contributed by atoms with Gasteiger partial charge in [0.1, 0.15) is 11.7 Å². The number of aromatic amines is 1. The van der Waals surface area contributed by atoms with Crippen LogP contribution in [0.2, 0.25) is 0 Å². The van der Waals surface area contributed by atoms with Crippen LogP contribution < -0.4 is 16.8 Å². The zero-order valence-electron chi connectivity index (χ0n) is 17.3. The Kier molecular flexibility index (Phi) is 6.91. The molecule has 1 aliphatic rings. The first kappa shape index (κ1) is 22.7. The fourth-order valence-corrected chi connectivity index (χ4v) is 3.83. The summed E-state index contributed by atoms with van der Waals surface area (Å²) in [7, 11) is 1.71. The van der Waals surface area contributed by atoms with Crippen LogP contribution in [0, 0.1) is 5.41 Å². The predicted octanol–water partition coefficient (Wildman–Crippen LogP) is 2.18. The molecule has 3 rings (SSSR count). The second kappa shape index (κ2) is 9.44. The van der Waals surface area contributed by atoms with E-state index in [1.807, 2.05) is 11.0 Å². The quantitative estimate of drug-likeness (QED) is 0.353. The van der Waals surface area contributed by atoms with Gasteiger partial charge >= 0.3 is 6.18 Å². The van der Waals surface area contributed by atoms with E-state index in [2.05, 4.69) is 15.2 Å². The molecule has 1 atom stereocenters. The van der Waals surface area contributed by atoms with Crippen LogP contribution >= 0.6 is 0 Å². The van der Waals surface area contributed by atoms with Gasteiger partial charge in [0, 0.05) is 63.8 Å². The smallest absolute Gasteiger partial charge is 0.385 e. The molecule has 1 aliphatic heterocycles. The van der Waals surface area contributed by atoms with E-state index < -0.39 is 11.7 Å². The van der Waals surface area contributed by atoms with Gasteiger partial charge < -0.3 is 26.7 Å². The van der Waals surface area contributed by atoms with Crippen molar-refractivity contribution < 1.29 is 13.2 Å². The lowest BCUT2D eigenvalue weighted by molar-refractivity contribution is -0.137. The molecule has 1 aromatic heterocycles. The number of nitrogens with one attached hydrogen (secondary N) is 3. The van der Waals surface area contributed by atoms with Crippen molar-refractivity contribution in [1.82, 2.24) is 20.1 Å². The topological polar surface area (TPSA) is 110 Å². The van der Waals surface area contributed by atoms with E-state index in [4.69, 9.17) is 16.9 Å². The molecule has 31 heavy (non-hydrogen) atoms. The Hall–Kier alpha value is -2.98.